The molecule has 0 saturated carbocycles. The highest BCUT2D eigenvalue weighted by molar-refractivity contribution is 6.42. The normalized spacial score (nSPS) is 17.9. The van der Waals surface area contributed by atoms with Gasteiger partial charge in [-0.2, -0.15) is 5.10 Å². The minimum Gasteiger partial charge on any atom is -0.344 e. The van der Waals surface area contributed by atoms with Gasteiger partial charge in [-0.25, -0.2) is 4.68 Å². The smallest absolute Gasteiger partial charge is 0.129 e. The summed E-state index contributed by atoms with van der Waals surface area (Å²) in [5, 5.41) is 8.73. The number of rotatable bonds is 1. The molecule has 0 spiro atoms. The van der Waals surface area contributed by atoms with E-state index in [4.69, 9.17) is 23.2 Å². The standard InChI is InChI=1S/C13H11Cl2N3/c1-8-6-12(18-13(17-8)4-5-16-18)9-2-3-10(14)11(15)7-9/h2-7,12,17H,1H3. The summed E-state index contributed by atoms with van der Waals surface area (Å²) < 4.78 is 1.92. The van der Waals surface area contributed by atoms with Crippen molar-refractivity contribution in [2.45, 2.75) is 13.0 Å². The Hall–Kier alpha value is -1.45. The number of aromatic nitrogens is 2. The lowest BCUT2D eigenvalue weighted by molar-refractivity contribution is 0.605. The van der Waals surface area contributed by atoms with Gasteiger partial charge in [0, 0.05) is 11.8 Å². The highest BCUT2D eigenvalue weighted by Crippen LogP contribution is 2.32. The summed E-state index contributed by atoms with van der Waals surface area (Å²) in [5.41, 5.74) is 2.16. The molecule has 1 atom stereocenters. The number of fused-ring (bicyclic) bond motifs is 1. The Balaban J connectivity index is 2.10. The fraction of sp³-hybridized carbons (Fsp3) is 0.154. The second-order valence-corrected chi connectivity index (χ2v) is 5.07. The van der Waals surface area contributed by atoms with Crippen molar-refractivity contribution < 1.29 is 0 Å². The van der Waals surface area contributed by atoms with Crippen LogP contribution in [-0.2, 0) is 0 Å². The number of nitrogens with zero attached hydrogens (tertiary/aromatic N) is 2. The Morgan fingerprint density at radius 3 is 2.83 bits per heavy atom. The molecule has 2 aromatic rings. The van der Waals surface area contributed by atoms with E-state index in [-0.39, 0.29) is 6.04 Å². The van der Waals surface area contributed by atoms with E-state index in [1.165, 1.54) is 0 Å². The SMILES string of the molecule is CC1=CC(c2ccc(Cl)c(Cl)c2)n2nccc2N1. The minimum absolute atomic E-state index is 0.0472. The summed E-state index contributed by atoms with van der Waals surface area (Å²) in [5.74, 6) is 0.978. The Morgan fingerprint density at radius 2 is 2.06 bits per heavy atom. The lowest BCUT2D eigenvalue weighted by Crippen LogP contribution is -2.19. The zero-order valence-corrected chi connectivity index (χ0v) is 11.2. The number of benzene rings is 1. The second kappa shape index (κ2) is 4.34. The Morgan fingerprint density at radius 1 is 1.22 bits per heavy atom. The number of allylic oxidation sites excluding steroid dienone is 2. The maximum atomic E-state index is 6.07. The van der Waals surface area contributed by atoms with Crippen molar-refractivity contribution in [3.63, 3.8) is 0 Å². The molecule has 1 N–H and O–H groups in total. The van der Waals surface area contributed by atoms with Crippen LogP contribution in [0.25, 0.3) is 0 Å². The Bertz CT molecular complexity index is 631. The van der Waals surface area contributed by atoms with Crippen molar-refractivity contribution in [3.05, 3.63) is 57.8 Å². The van der Waals surface area contributed by atoms with E-state index >= 15 is 0 Å². The summed E-state index contributed by atoms with van der Waals surface area (Å²) in [6.07, 6.45) is 3.89. The first-order valence-electron chi connectivity index (χ1n) is 5.59. The number of anilines is 1. The molecule has 1 aliphatic heterocycles. The highest BCUT2D eigenvalue weighted by Gasteiger charge is 2.20. The van der Waals surface area contributed by atoms with Gasteiger partial charge in [0.2, 0.25) is 0 Å². The van der Waals surface area contributed by atoms with Crippen molar-refractivity contribution in [3.8, 4) is 0 Å². The molecule has 1 aromatic carbocycles. The lowest BCUT2D eigenvalue weighted by atomic mass is 10.0. The van der Waals surface area contributed by atoms with Crippen LogP contribution in [0.3, 0.4) is 0 Å². The number of hydrogen-bond donors (Lipinski definition) is 1. The average Bonchev–Trinajstić information content (AvgIpc) is 2.79. The molecule has 0 fully saturated rings. The first-order valence-corrected chi connectivity index (χ1v) is 6.34. The summed E-state index contributed by atoms with van der Waals surface area (Å²) in [7, 11) is 0. The molecular formula is C13H11Cl2N3. The van der Waals surface area contributed by atoms with E-state index < -0.39 is 0 Å². The summed E-state index contributed by atoms with van der Waals surface area (Å²) in [4.78, 5) is 0. The van der Waals surface area contributed by atoms with E-state index in [9.17, 15) is 0 Å². The van der Waals surface area contributed by atoms with Gasteiger partial charge < -0.3 is 5.32 Å². The maximum Gasteiger partial charge on any atom is 0.129 e. The van der Waals surface area contributed by atoms with Gasteiger partial charge in [0.25, 0.3) is 0 Å². The largest absolute Gasteiger partial charge is 0.344 e. The molecule has 0 amide bonds. The molecule has 1 aliphatic rings. The van der Waals surface area contributed by atoms with Gasteiger partial charge in [-0.05, 0) is 30.7 Å². The van der Waals surface area contributed by atoms with Crippen LogP contribution < -0.4 is 5.32 Å². The molecule has 0 bridgehead atoms. The number of halogens is 2. The highest BCUT2D eigenvalue weighted by atomic mass is 35.5. The first kappa shape index (κ1) is 11.6. The van der Waals surface area contributed by atoms with Gasteiger partial charge in [0.1, 0.15) is 5.82 Å². The van der Waals surface area contributed by atoms with Gasteiger partial charge in [-0.15, -0.1) is 0 Å². The molecule has 2 heterocycles. The van der Waals surface area contributed by atoms with E-state index in [0.717, 1.165) is 17.1 Å². The van der Waals surface area contributed by atoms with E-state index in [0.29, 0.717) is 10.0 Å². The molecule has 92 valence electrons. The van der Waals surface area contributed by atoms with Gasteiger partial charge in [0.15, 0.2) is 0 Å². The molecule has 0 saturated heterocycles. The van der Waals surface area contributed by atoms with Crippen LogP contribution >= 0.6 is 23.2 Å². The molecule has 0 radical (unpaired) electrons. The van der Waals surface area contributed by atoms with E-state index in [1.54, 1.807) is 6.20 Å². The third kappa shape index (κ3) is 1.89. The van der Waals surface area contributed by atoms with Gasteiger partial charge in [-0.3, -0.25) is 0 Å². The Labute approximate surface area is 115 Å². The Kier molecular flexibility index (Phi) is 2.80. The fourth-order valence-corrected chi connectivity index (χ4v) is 2.43. The number of nitrogens with one attached hydrogen (secondary N) is 1. The van der Waals surface area contributed by atoms with E-state index in [2.05, 4.69) is 16.5 Å². The fourth-order valence-electron chi connectivity index (χ4n) is 2.12. The van der Waals surface area contributed by atoms with Gasteiger partial charge in [0.05, 0.1) is 22.3 Å². The average molecular weight is 280 g/mol. The third-order valence-corrected chi connectivity index (χ3v) is 3.69. The van der Waals surface area contributed by atoms with E-state index in [1.807, 2.05) is 35.9 Å². The van der Waals surface area contributed by atoms with Crippen molar-refractivity contribution in [2.24, 2.45) is 0 Å². The summed E-state index contributed by atoms with van der Waals surface area (Å²) >= 11 is 12.0. The van der Waals surface area contributed by atoms with Crippen molar-refractivity contribution in [1.29, 1.82) is 0 Å². The molecule has 0 aliphatic carbocycles. The zero-order valence-electron chi connectivity index (χ0n) is 9.69. The summed E-state index contributed by atoms with van der Waals surface area (Å²) in [6.45, 7) is 2.03. The first-order chi connectivity index (χ1) is 8.65. The molecule has 18 heavy (non-hydrogen) atoms. The minimum atomic E-state index is 0.0472. The molecule has 1 aromatic heterocycles. The molecular weight excluding hydrogens is 269 g/mol. The second-order valence-electron chi connectivity index (χ2n) is 4.25. The molecule has 5 heteroatoms. The van der Waals surface area contributed by atoms with Crippen LogP contribution in [-0.4, -0.2) is 9.78 Å². The van der Waals surface area contributed by atoms with Crippen LogP contribution in [0.15, 0.2) is 42.2 Å². The topological polar surface area (TPSA) is 29.9 Å². The van der Waals surface area contributed by atoms with Gasteiger partial charge in [-0.1, -0.05) is 29.3 Å². The molecule has 1 unspecified atom stereocenters. The van der Waals surface area contributed by atoms with Crippen molar-refractivity contribution >= 4 is 29.0 Å². The van der Waals surface area contributed by atoms with Crippen molar-refractivity contribution in [1.82, 2.24) is 9.78 Å². The predicted octanol–water partition coefficient (Wildman–Crippen LogP) is 4.11. The zero-order chi connectivity index (χ0) is 12.7. The monoisotopic (exact) mass is 279 g/mol. The van der Waals surface area contributed by atoms with Crippen LogP contribution in [0.2, 0.25) is 10.0 Å². The van der Waals surface area contributed by atoms with Crippen LogP contribution in [0.1, 0.15) is 18.5 Å². The quantitative estimate of drug-likeness (QED) is 0.852. The molecule has 3 rings (SSSR count). The maximum absolute atomic E-state index is 6.07. The lowest BCUT2D eigenvalue weighted by Gasteiger charge is -2.24. The third-order valence-electron chi connectivity index (χ3n) is 2.95. The van der Waals surface area contributed by atoms with Crippen LogP contribution in [0.4, 0.5) is 5.82 Å². The summed E-state index contributed by atoms with van der Waals surface area (Å²) in [6, 6.07) is 7.66. The van der Waals surface area contributed by atoms with Crippen LogP contribution in [0.5, 0.6) is 0 Å². The van der Waals surface area contributed by atoms with Crippen molar-refractivity contribution in [2.75, 3.05) is 5.32 Å². The van der Waals surface area contributed by atoms with Crippen LogP contribution in [0, 0.1) is 0 Å². The molecule has 3 nitrogen and oxygen atoms in total. The van der Waals surface area contributed by atoms with Gasteiger partial charge >= 0.3 is 0 Å². The number of hydrogen-bond acceptors (Lipinski definition) is 2. The predicted molar refractivity (Wildman–Crippen MR) is 74.2 cm³/mol.